The lowest BCUT2D eigenvalue weighted by Gasteiger charge is -2.28. The fraction of sp³-hybridized carbons (Fsp3) is 0.471. The van der Waals surface area contributed by atoms with Crippen LogP contribution >= 0.6 is 0 Å². The number of nitrogens with two attached hydrogens (primary N) is 1. The Hall–Kier alpha value is -5.75. The number of nitrogens with zero attached hydrogens (tertiary/aromatic N) is 6. The van der Waals surface area contributed by atoms with Crippen molar-refractivity contribution in [2.75, 3.05) is 85.0 Å². The molecule has 338 valence electrons. The Bertz CT molecular complexity index is 1930. The van der Waals surface area contributed by atoms with E-state index in [0.717, 1.165) is 81.4 Å². The lowest BCUT2D eigenvalue weighted by Crippen LogP contribution is -2.29. The molecule has 4 aliphatic heterocycles. The molecule has 4 aliphatic rings. The van der Waals surface area contributed by atoms with E-state index < -0.39 is 4.92 Å². The van der Waals surface area contributed by atoms with Crippen molar-refractivity contribution < 1.29 is 14.6 Å². The van der Waals surface area contributed by atoms with Gasteiger partial charge in [-0.05, 0) is 167 Å². The van der Waals surface area contributed by atoms with Gasteiger partial charge in [0.25, 0.3) is 0 Å². The molecule has 4 aromatic carbocycles. The highest BCUT2D eigenvalue weighted by atomic mass is 16.6. The zero-order chi connectivity index (χ0) is 44.5. The summed E-state index contributed by atoms with van der Waals surface area (Å²) in [6.07, 6.45) is 20.6. The van der Waals surface area contributed by atoms with E-state index in [2.05, 4.69) is 56.0 Å². The second-order valence-electron chi connectivity index (χ2n) is 16.8. The van der Waals surface area contributed by atoms with Gasteiger partial charge in [-0.25, -0.2) is 0 Å². The first-order valence-electron chi connectivity index (χ1n) is 23.3. The third-order valence-corrected chi connectivity index (χ3v) is 12.1. The normalized spacial score (nSPS) is 16.4. The van der Waals surface area contributed by atoms with Crippen LogP contribution in [0.5, 0.6) is 0 Å². The smallest absolute Gasteiger partial charge is 0.235 e. The third-order valence-electron chi connectivity index (χ3n) is 12.1. The van der Waals surface area contributed by atoms with Gasteiger partial charge in [-0.2, -0.15) is 0 Å². The Morgan fingerprint density at radius 1 is 0.460 bits per heavy atom. The number of hydrogen-bond acceptors (Lipinski definition) is 10. The van der Waals surface area contributed by atoms with Gasteiger partial charge in [0.15, 0.2) is 0 Å². The third kappa shape index (κ3) is 17.5. The number of anilines is 4. The fourth-order valence-corrected chi connectivity index (χ4v) is 8.45. The van der Waals surface area contributed by atoms with Gasteiger partial charge >= 0.3 is 0 Å². The zero-order valence-corrected chi connectivity index (χ0v) is 37.2. The second-order valence-corrected chi connectivity index (χ2v) is 16.8. The minimum absolute atomic E-state index is 0.0169. The minimum atomic E-state index is -0.446. The van der Waals surface area contributed by atoms with Gasteiger partial charge in [-0.15, -0.1) is 0 Å². The quantitative estimate of drug-likeness (QED) is 0.0831. The second kappa shape index (κ2) is 27.3. The zero-order valence-electron chi connectivity index (χ0n) is 37.2. The standard InChI is InChI=1S/C13H18N2O2.C13H16N2O2.C13H20N2.C12H15NO/c2*16-15(17)11-8-12-4-6-13(7-5-12)14-9-2-1-3-10-14;14-9-8-12-4-6-13(7-5-12)15-10-2-1-3-11-15;14-10-11-4-6-12(7-5-11)13-8-2-1-3-9-13/h4-7H,1-3,8-11H2;4-8,11H,1-3,9-10H2;4-7H,1-3,8-11,14H2;4-7,10H,1-3,8-9H2/b;11-8+;;. The molecule has 0 atom stereocenters. The molecule has 0 bridgehead atoms. The largest absolute Gasteiger partial charge is 0.372 e. The molecule has 0 amide bonds. The molecule has 0 aromatic heterocycles. The fourth-order valence-electron chi connectivity index (χ4n) is 8.45. The van der Waals surface area contributed by atoms with Crippen LogP contribution in [0.25, 0.3) is 6.08 Å². The lowest BCUT2D eigenvalue weighted by molar-refractivity contribution is -0.479. The van der Waals surface area contributed by atoms with Gasteiger partial charge in [-0.3, -0.25) is 25.0 Å². The molecule has 4 saturated heterocycles. The molecule has 4 heterocycles. The van der Waals surface area contributed by atoms with Crippen LogP contribution in [-0.4, -0.2) is 81.6 Å². The van der Waals surface area contributed by atoms with Crippen molar-refractivity contribution in [1.82, 2.24) is 0 Å². The molecule has 4 fully saturated rings. The first kappa shape index (κ1) is 48.3. The van der Waals surface area contributed by atoms with Crippen LogP contribution in [0.3, 0.4) is 0 Å². The summed E-state index contributed by atoms with van der Waals surface area (Å²) in [5, 5.41) is 20.5. The maximum Gasteiger partial charge on any atom is 0.235 e. The van der Waals surface area contributed by atoms with Crippen LogP contribution in [0.4, 0.5) is 22.7 Å². The van der Waals surface area contributed by atoms with Crippen molar-refractivity contribution in [2.24, 2.45) is 5.73 Å². The first-order valence-corrected chi connectivity index (χ1v) is 23.3. The number of hydrogen-bond donors (Lipinski definition) is 1. The van der Waals surface area contributed by atoms with Crippen molar-refractivity contribution in [3.8, 4) is 0 Å². The van der Waals surface area contributed by atoms with E-state index >= 15 is 0 Å². The van der Waals surface area contributed by atoms with Crippen molar-refractivity contribution in [2.45, 2.75) is 89.9 Å². The molecule has 4 aromatic rings. The molecule has 8 rings (SSSR count). The van der Waals surface area contributed by atoms with Crippen LogP contribution < -0.4 is 25.3 Å². The van der Waals surface area contributed by atoms with Crippen LogP contribution in [0, 0.1) is 20.2 Å². The Morgan fingerprint density at radius 2 is 0.778 bits per heavy atom. The Balaban J connectivity index is 0.000000159. The SMILES string of the molecule is NCCc1ccc(N2CCCCC2)cc1.O=Cc1ccc(N2CCCCC2)cc1.O=[N+]([O-])/C=C/c1ccc(N2CCCCC2)cc1.O=[N+]([O-])CCc1ccc(N2CCCCC2)cc1. The maximum absolute atomic E-state index is 10.5. The molecular weight excluding hydrogens is 791 g/mol. The van der Waals surface area contributed by atoms with E-state index in [9.17, 15) is 25.0 Å². The molecule has 0 unspecified atom stereocenters. The van der Waals surface area contributed by atoms with E-state index in [1.165, 1.54) is 125 Å². The molecule has 12 nitrogen and oxygen atoms in total. The number of benzene rings is 4. The van der Waals surface area contributed by atoms with Crippen LogP contribution in [-0.2, 0) is 12.8 Å². The molecule has 63 heavy (non-hydrogen) atoms. The van der Waals surface area contributed by atoms with Gasteiger partial charge < -0.3 is 25.3 Å². The molecule has 12 heteroatoms. The number of carbonyl (C=O) groups excluding carboxylic acids is 1. The summed E-state index contributed by atoms with van der Waals surface area (Å²) in [6.45, 7) is 10.00. The predicted molar refractivity (Wildman–Crippen MR) is 260 cm³/mol. The molecule has 0 spiro atoms. The van der Waals surface area contributed by atoms with E-state index in [4.69, 9.17) is 5.73 Å². The highest BCUT2D eigenvalue weighted by molar-refractivity contribution is 5.75. The van der Waals surface area contributed by atoms with Gasteiger partial charge in [0.2, 0.25) is 12.7 Å². The van der Waals surface area contributed by atoms with Gasteiger partial charge in [-0.1, -0.05) is 36.4 Å². The summed E-state index contributed by atoms with van der Waals surface area (Å²) in [7, 11) is 0. The molecule has 0 aliphatic carbocycles. The summed E-state index contributed by atoms with van der Waals surface area (Å²) in [5.41, 5.74) is 14.6. The van der Waals surface area contributed by atoms with Crippen molar-refractivity contribution in [3.63, 3.8) is 0 Å². The number of piperidine rings is 4. The van der Waals surface area contributed by atoms with E-state index in [1.54, 1.807) is 0 Å². The summed E-state index contributed by atoms with van der Waals surface area (Å²) >= 11 is 0. The number of carbonyl (C=O) groups is 1. The highest BCUT2D eigenvalue weighted by Crippen LogP contribution is 2.23. The van der Waals surface area contributed by atoms with Gasteiger partial charge in [0.05, 0.1) is 4.92 Å². The number of rotatable bonds is 12. The molecule has 0 radical (unpaired) electrons. The summed E-state index contributed by atoms with van der Waals surface area (Å²) in [6, 6.07) is 32.8. The van der Waals surface area contributed by atoms with Gasteiger partial charge in [0, 0.05) is 98.1 Å². The van der Waals surface area contributed by atoms with E-state index in [1.807, 2.05) is 60.7 Å². The Kier molecular flexibility index (Phi) is 21.0. The summed E-state index contributed by atoms with van der Waals surface area (Å²) in [5.74, 6) is 0. The monoisotopic (exact) mass is 860 g/mol. The Morgan fingerprint density at radius 3 is 1.08 bits per heavy atom. The van der Waals surface area contributed by atoms with Crippen LogP contribution in [0.1, 0.15) is 104 Å². The average Bonchev–Trinajstić information content (AvgIpc) is 3.35. The predicted octanol–water partition coefficient (Wildman–Crippen LogP) is 10.1. The van der Waals surface area contributed by atoms with E-state index in [0.29, 0.717) is 6.42 Å². The molecule has 2 N–H and O–H groups in total. The van der Waals surface area contributed by atoms with Crippen molar-refractivity contribution in [3.05, 3.63) is 146 Å². The van der Waals surface area contributed by atoms with Gasteiger partial charge in [0.1, 0.15) is 6.29 Å². The summed E-state index contributed by atoms with van der Waals surface area (Å²) < 4.78 is 0. The van der Waals surface area contributed by atoms with Crippen LogP contribution in [0.2, 0.25) is 0 Å². The van der Waals surface area contributed by atoms with Crippen LogP contribution in [0.15, 0.2) is 103 Å². The number of aldehydes is 1. The topological polar surface area (TPSA) is 142 Å². The number of nitro groups is 2. The highest BCUT2D eigenvalue weighted by Gasteiger charge is 2.13. The Labute approximate surface area is 375 Å². The summed E-state index contributed by atoms with van der Waals surface area (Å²) in [4.78, 5) is 39.9. The first-order chi connectivity index (χ1) is 30.8. The van der Waals surface area contributed by atoms with E-state index in [-0.39, 0.29) is 11.5 Å². The molecular formula is C51H69N7O5. The van der Waals surface area contributed by atoms with Crippen molar-refractivity contribution in [1.29, 1.82) is 0 Å². The lowest BCUT2D eigenvalue weighted by atomic mass is 10.1. The molecule has 0 saturated carbocycles. The van der Waals surface area contributed by atoms with Crippen molar-refractivity contribution >= 4 is 35.1 Å². The minimum Gasteiger partial charge on any atom is -0.372 e. The average molecular weight is 860 g/mol. The maximum atomic E-state index is 10.5.